The molecule has 37 heavy (non-hydrogen) atoms. The number of carbonyl (C=O) groups excluding carboxylic acids is 1. The number of nitrogens with zero attached hydrogens (tertiary/aromatic N) is 4. The van der Waals surface area contributed by atoms with Crippen LogP contribution in [0.25, 0.3) is 32.2 Å². The van der Waals surface area contributed by atoms with Gasteiger partial charge in [-0.25, -0.2) is 15.0 Å². The van der Waals surface area contributed by atoms with Crippen molar-refractivity contribution in [2.45, 2.75) is 13.5 Å². The number of benzene rings is 2. The van der Waals surface area contributed by atoms with Gasteiger partial charge >= 0.3 is 0 Å². The Bertz CT molecular complexity index is 1570. The normalized spacial score (nSPS) is 14.2. The smallest absolute Gasteiger partial charge is 0.255 e. The predicted octanol–water partition coefficient (Wildman–Crippen LogP) is 5.45. The van der Waals surface area contributed by atoms with E-state index in [9.17, 15) is 4.79 Å². The highest BCUT2D eigenvalue weighted by Crippen LogP contribution is 2.34. The standard InChI is InChI=1S/C28H26N6OS2/c1-18-31-25(17-36-18)20-5-4-6-21(14-20)26(35)32-23-8-3-2-7-22(23)27-33-24-13-19(15-30-28(24)37-27)16-34-11-9-29-10-12-34/h2-8,13-15,17,29H,9-12,16H2,1H3,(H,32,35). The monoisotopic (exact) mass is 526 g/mol. The molecule has 1 fully saturated rings. The maximum absolute atomic E-state index is 13.2. The van der Waals surface area contributed by atoms with E-state index in [0.717, 1.165) is 75.6 Å². The van der Waals surface area contributed by atoms with Gasteiger partial charge in [-0.15, -0.1) is 11.3 Å². The number of hydrogen-bond donors (Lipinski definition) is 2. The highest BCUT2D eigenvalue weighted by molar-refractivity contribution is 7.21. The second-order valence-electron chi connectivity index (χ2n) is 9.05. The van der Waals surface area contributed by atoms with Crippen molar-refractivity contribution < 1.29 is 4.79 Å². The molecule has 0 bridgehead atoms. The SMILES string of the molecule is Cc1nc(-c2cccc(C(=O)Nc3ccccc3-c3nc4cc(CN5CCNCC5)cnc4s3)c2)cs1. The van der Waals surface area contributed by atoms with Crippen LogP contribution in [0.4, 0.5) is 5.69 Å². The maximum Gasteiger partial charge on any atom is 0.255 e. The van der Waals surface area contributed by atoms with Gasteiger partial charge in [0, 0.05) is 61.0 Å². The number of para-hydroxylation sites is 1. The highest BCUT2D eigenvalue weighted by Gasteiger charge is 2.16. The van der Waals surface area contributed by atoms with Crippen molar-refractivity contribution in [2.24, 2.45) is 0 Å². The lowest BCUT2D eigenvalue weighted by atomic mass is 10.1. The van der Waals surface area contributed by atoms with Crippen LogP contribution in [0, 0.1) is 6.92 Å². The summed E-state index contributed by atoms with van der Waals surface area (Å²) in [6, 6.07) is 17.5. The van der Waals surface area contributed by atoms with Crippen LogP contribution in [0.15, 0.2) is 66.2 Å². The molecule has 9 heteroatoms. The van der Waals surface area contributed by atoms with Crippen molar-refractivity contribution in [3.8, 4) is 21.8 Å². The number of fused-ring (bicyclic) bond motifs is 1. The quantitative estimate of drug-likeness (QED) is 0.306. The number of piperazine rings is 1. The molecule has 6 rings (SSSR count). The van der Waals surface area contributed by atoms with Crippen LogP contribution in [0.3, 0.4) is 0 Å². The molecule has 1 aliphatic heterocycles. The van der Waals surface area contributed by atoms with Crippen LogP contribution in [0.5, 0.6) is 0 Å². The van der Waals surface area contributed by atoms with Crippen molar-refractivity contribution in [3.05, 3.63) is 82.3 Å². The molecule has 1 saturated heterocycles. The molecule has 7 nitrogen and oxygen atoms in total. The summed E-state index contributed by atoms with van der Waals surface area (Å²) in [5, 5.41) is 10.3. The molecule has 2 N–H and O–H groups in total. The Kier molecular flexibility index (Phi) is 6.75. The summed E-state index contributed by atoms with van der Waals surface area (Å²) in [4.78, 5) is 30.7. The zero-order valence-corrected chi connectivity index (χ0v) is 22.0. The van der Waals surface area contributed by atoms with Crippen LogP contribution < -0.4 is 10.6 Å². The summed E-state index contributed by atoms with van der Waals surface area (Å²) in [6.45, 7) is 6.98. The first-order chi connectivity index (χ1) is 18.1. The fraction of sp³-hybridized carbons (Fsp3) is 0.214. The summed E-state index contributed by atoms with van der Waals surface area (Å²) < 4.78 is 0. The molecular formula is C28H26N6OS2. The summed E-state index contributed by atoms with van der Waals surface area (Å²) in [7, 11) is 0. The Labute approximate surface area is 223 Å². The zero-order chi connectivity index (χ0) is 25.2. The third-order valence-corrected chi connectivity index (χ3v) is 8.15. The Morgan fingerprint density at radius 2 is 1.95 bits per heavy atom. The first kappa shape index (κ1) is 23.9. The first-order valence-corrected chi connectivity index (χ1v) is 13.9. The van der Waals surface area contributed by atoms with Gasteiger partial charge in [0.1, 0.15) is 15.4 Å². The number of pyridine rings is 1. The van der Waals surface area contributed by atoms with Crippen LogP contribution in [0.1, 0.15) is 20.9 Å². The Hall–Kier alpha value is -3.50. The van der Waals surface area contributed by atoms with Gasteiger partial charge in [-0.05, 0) is 42.8 Å². The van der Waals surface area contributed by atoms with Crippen LogP contribution in [0.2, 0.25) is 0 Å². The van der Waals surface area contributed by atoms with Crippen molar-refractivity contribution >= 4 is 44.6 Å². The molecule has 1 amide bonds. The van der Waals surface area contributed by atoms with Crippen molar-refractivity contribution in [1.82, 2.24) is 25.2 Å². The average Bonchev–Trinajstić information content (AvgIpc) is 3.55. The number of hydrogen-bond acceptors (Lipinski definition) is 8. The fourth-order valence-corrected chi connectivity index (χ4v) is 6.03. The molecule has 0 spiro atoms. The molecular weight excluding hydrogens is 500 g/mol. The number of anilines is 1. The molecule has 186 valence electrons. The molecule has 0 saturated carbocycles. The van der Waals surface area contributed by atoms with E-state index in [0.29, 0.717) is 5.56 Å². The number of aromatic nitrogens is 3. The van der Waals surface area contributed by atoms with Crippen molar-refractivity contribution in [1.29, 1.82) is 0 Å². The minimum atomic E-state index is -0.168. The van der Waals surface area contributed by atoms with Gasteiger partial charge in [0.15, 0.2) is 0 Å². The lowest BCUT2D eigenvalue weighted by Gasteiger charge is -2.26. The van der Waals surface area contributed by atoms with Gasteiger partial charge < -0.3 is 10.6 Å². The second kappa shape index (κ2) is 10.5. The van der Waals surface area contributed by atoms with E-state index in [4.69, 9.17) is 9.97 Å². The van der Waals surface area contributed by atoms with Crippen LogP contribution >= 0.6 is 22.7 Å². The summed E-state index contributed by atoms with van der Waals surface area (Å²) >= 11 is 3.14. The van der Waals surface area contributed by atoms with E-state index in [1.807, 2.05) is 67.0 Å². The van der Waals surface area contributed by atoms with E-state index in [1.54, 1.807) is 22.7 Å². The Balaban J connectivity index is 1.24. The van der Waals surface area contributed by atoms with Gasteiger partial charge in [0.2, 0.25) is 0 Å². The molecule has 4 heterocycles. The zero-order valence-electron chi connectivity index (χ0n) is 20.4. The van der Waals surface area contributed by atoms with Crippen molar-refractivity contribution in [2.75, 3.05) is 31.5 Å². The number of carbonyl (C=O) groups is 1. The predicted molar refractivity (Wildman–Crippen MR) is 151 cm³/mol. The lowest BCUT2D eigenvalue weighted by molar-refractivity contribution is 0.102. The number of aryl methyl sites for hydroxylation is 1. The fourth-order valence-electron chi connectivity index (χ4n) is 4.48. The van der Waals surface area contributed by atoms with E-state index in [-0.39, 0.29) is 5.91 Å². The first-order valence-electron chi connectivity index (χ1n) is 12.2. The summed E-state index contributed by atoms with van der Waals surface area (Å²) in [6.07, 6.45) is 1.96. The van der Waals surface area contributed by atoms with E-state index in [2.05, 4.69) is 26.6 Å². The third kappa shape index (κ3) is 5.30. The Morgan fingerprint density at radius 3 is 2.78 bits per heavy atom. The van der Waals surface area contributed by atoms with Gasteiger partial charge in [0.05, 0.1) is 16.4 Å². The Morgan fingerprint density at radius 1 is 1.08 bits per heavy atom. The van der Waals surface area contributed by atoms with Crippen molar-refractivity contribution in [3.63, 3.8) is 0 Å². The molecule has 1 aliphatic rings. The second-order valence-corrected chi connectivity index (χ2v) is 11.1. The van der Waals surface area contributed by atoms with Crippen LogP contribution in [-0.4, -0.2) is 51.9 Å². The van der Waals surface area contributed by atoms with Gasteiger partial charge in [-0.3, -0.25) is 9.69 Å². The van der Waals surface area contributed by atoms with Gasteiger partial charge in [0.25, 0.3) is 5.91 Å². The molecule has 2 aromatic carbocycles. The lowest BCUT2D eigenvalue weighted by Crippen LogP contribution is -2.42. The molecule has 0 aliphatic carbocycles. The minimum absolute atomic E-state index is 0.168. The maximum atomic E-state index is 13.2. The molecule has 0 unspecified atom stereocenters. The van der Waals surface area contributed by atoms with Crippen LogP contribution in [-0.2, 0) is 6.54 Å². The number of rotatable bonds is 6. The minimum Gasteiger partial charge on any atom is -0.321 e. The highest BCUT2D eigenvalue weighted by atomic mass is 32.1. The molecule has 5 aromatic rings. The number of thiazole rings is 2. The largest absolute Gasteiger partial charge is 0.321 e. The summed E-state index contributed by atoms with van der Waals surface area (Å²) in [5.41, 5.74) is 6.07. The molecule has 0 atom stereocenters. The average molecular weight is 527 g/mol. The number of nitrogens with one attached hydrogen (secondary N) is 2. The number of amides is 1. The summed E-state index contributed by atoms with van der Waals surface area (Å²) in [5.74, 6) is -0.168. The topological polar surface area (TPSA) is 83.0 Å². The van der Waals surface area contributed by atoms with E-state index < -0.39 is 0 Å². The molecule has 3 aromatic heterocycles. The van der Waals surface area contributed by atoms with Gasteiger partial charge in [-0.2, -0.15) is 0 Å². The molecule has 0 radical (unpaired) electrons. The van der Waals surface area contributed by atoms with E-state index in [1.165, 1.54) is 5.56 Å². The van der Waals surface area contributed by atoms with E-state index >= 15 is 0 Å². The third-order valence-electron chi connectivity index (χ3n) is 6.37. The van der Waals surface area contributed by atoms with Gasteiger partial charge in [-0.1, -0.05) is 35.6 Å².